The lowest BCUT2D eigenvalue weighted by Crippen LogP contribution is -2.33. The topological polar surface area (TPSA) is 26.3 Å². The van der Waals surface area contributed by atoms with Gasteiger partial charge in [-0.15, -0.1) is 0 Å². The highest BCUT2D eigenvalue weighted by Gasteiger charge is 2.44. The van der Waals surface area contributed by atoms with Crippen molar-refractivity contribution in [3.8, 4) is 0 Å². The van der Waals surface area contributed by atoms with E-state index in [1.54, 1.807) is 0 Å². The highest BCUT2D eigenvalue weighted by molar-refractivity contribution is 5.90. The quantitative estimate of drug-likeness (QED) is 0.474. The van der Waals surface area contributed by atoms with Crippen LogP contribution < -0.4 is 0 Å². The summed E-state index contributed by atoms with van der Waals surface area (Å²) in [7, 11) is 0. The Bertz CT molecular complexity index is 241. The van der Waals surface area contributed by atoms with Crippen LogP contribution in [0.1, 0.15) is 45.4 Å². The van der Waals surface area contributed by atoms with Crippen molar-refractivity contribution in [1.29, 1.82) is 0 Å². The molecule has 0 atom stereocenters. The molecule has 78 valence electrons. The van der Waals surface area contributed by atoms with E-state index < -0.39 is 0 Å². The zero-order valence-electron chi connectivity index (χ0n) is 8.84. The van der Waals surface area contributed by atoms with Crippen LogP contribution in [0.25, 0.3) is 0 Å². The molecule has 1 aliphatic carbocycles. The molecule has 2 aliphatic rings. The molecular formula is C12H18O2. The number of esters is 1. The molecule has 0 aromatic heterocycles. The van der Waals surface area contributed by atoms with Gasteiger partial charge in [-0.3, -0.25) is 0 Å². The first-order valence-electron chi connectivity index (χ1n) is 5.56. The minimum atomic E-state index is -0.167. The van der Waals surface area contributed by atoms with Crippen molar-refractivity contribution in [3.63, 3.8) is 0 Å². The molecule has 1 spiro atoms. The molecule has 2 heteroatoms. The molecule has 1 saturated carbocycles. The van der Waals surface area contributed by atoms with E-state index >= 15 is 0 Å². The SMILES string of the molecule is C=C1CC2(CCC(CC)CC2)OC1=O. The molecule has 0 aromatic carbocycles. The largest absolute Gasteiger partial charge is 0.455 e. The Morgan fingerprint density at radius 3 is 2.57 bits per heavy atom. The van der Waals surface area contributed by atoms with Crippen molar-refractivity contribution in [3.05, 3.63) is 12.2 Å². The number of carbonyl (C=O) groups is 1. The molecule has 1 saturated heterocycles. The van der Waals surface area contributed by atoms with E-state index in [0.29, 0.717) is 5.57 Å². The van der Waals surface area contributed by atoms with E-state index in [1.165, 1.54) is 19.3 Å². The Kier molecular flexibility index (Phi) is 2.38. The van der Waals surface area contributed by atoms with Crippen LogP contribution in [0.2, 0.25) is 0 Å². The lowest BCUT2D eigenvalue weighted by molar-refractivity contribution is -0.149. The molecule has 14 heavy (non-hydrogen) atoms. The second kappa shape index (κ2) is 3.41. The van der Waals surface area contributed by atoms with Gasteiger partial charge < -0.3 is 4.74 Å². The van der Waals surface area contributed by atoms with Gasteiger partial charge in [-0.1, -0.05) is 19.9 Å². The molecule has 1 heterocycles. The number of ether oxygens (including phenoxy) is 1. The van der Waals surface area contributed by atoms with Crippen molar-refractivity contribution in [2.24, 2.45) is 5.92 Å². The summed E-state index contributed by atoms with van der Waals surface area (Å²) in [5.74, 6) is 0.674. The van der Waals surface area contributed by atoms with Crippen LogP contribution in [0.5, 0.6) is 0 Å². The smallest absolute Gasteiger partial charge is 0.334 e. The summed E-state index contributed by atoms with van der Waals surface area (Å²) < 4.78 is 5.46. The van der Waals surface area contributed by atoms with Crippen LogP contribution in [0.3, 0.4) is 0 Å². The van der Waals surface area contributed by atoms with Crippen molar-refractivity contribution in [2.45, 2.75) is 51.0 Å². The van der Waals surface area contributed by atoms with Gasteiger partial charge in [0.15, 0.2) is 0 Å². The Balaban J connectivity index is 2.00. The summed E-state index contributed by atoms with van der Waals surface area (Å²) in [5, 5.41) is 0. The predicted molar refractivity (Wildman–Crippen MR) is 54.8 cm³/mol. The average molecular weight is 194 g/mol. The minimum absolute atomic E-state index is 0.153. The maximum absolute atomic E-state index is 11.3. The molecule has 0 bridgehead atoms. The molecule has 0 radical (unpaired) electrons. The fraction of sp³-hybridized carbons (Fsp3) is 0.750. The van der Waals surface area contributed by atoms with Crippen molar-refractivity contribution in [1.82, 2.24) is 0 Å². The van der Waals surface area contributed by atoms with Gasteiger partial charge in [-0.2, -0.15) is 0 Å². The summed E-state index contributed by atoms with van der Waals surface area (Å²) in [4.78, 5) is 11.3. The third-order valence-corrected chi connectivity index (χ3v) is 3.73. The summed E-state index contributed by atoms with van der Waals surface area (Å²) in [6.07, 6.45) is 6.51. The predicted octanol–water partition coefficient (Wildman–Crippen LogP) is 2.83. The minimum Gasteiger partial charge on any atom is -0.455 e. The Morgan fingerprint density at radius 1 is 1.50 bits per heavy atom. The van der Waals surface area contributed by atoms with E-state index in [-0.39, 0.29) is 11.6 Å². The summed E-state index contributed by atoms with van der Waals surface area (Å²) >= 11 is 0. The number of rotatable bonds is 1. The second-order valence-corrected chi connectivity index (χ2v) is 4.70. The van der Waals surface area contributed by atoms with Gasteiger partial charge in [0, 0.05) is 12.0 Å². The van der Waals surface area contributed by atoms with Crippen LogP contribution >= 0.6 is 0 Å². The van der Waals surface area contributed by atoms with Gasteiger partial charge in [0.2, 0.25) is 0 Å². The lowest BCUT2D eigenvalue weighted by Gasteiger charge is -2.35. The highest BCUT2D eigenvalue weighted by atomic mass is 16.6. The zero-order valence-corrected chi connectivity index (χ0v) is 8.84. The highest BCUT2D eigenvalue weighted by Crippen LogP contribution is 2.43. The van der Waals surface area contributed by atoms with Crippen LogP contribution in [0.15, 0.2) is 12.2 Å². The van der Waals surface area contributed by atoms with E-state index in [9.17, 15) is 4.79 Å². The van der Waals surface area contributed by atoms with E-state index in [1.807, 2.05) is 0 Å². The van der Waals surface area contributed by atoms with Gasteiger partial charge in [0.25, 0.3) is 0 Å². The third kappa shape index (κ3) is 1.58. The first kappa shape index (κ1) is 9.75. The van der Waals surface area contributed by atoms with Crippen LogP contribution in [0.4, 0.5) is 0 Å². The number of hydrogen-bond donors (Lipinski definition) is 0. The maximum Gasteiger partial charge on any atom is 0.334 e. The molecule has 0 amide bonds. The lowest BCUT2D eigenvalue weighted by atomic mass is 9.76. The van der Waals surface area contributed by atoms with E-state index in [0.717, 1.165) is 25.2 Å². The molecule has 2 rings (SSSR count). The van der Waals surface area contributed by atoms with E-state index in [2.05, 4.69) is 13.5 Å². The van der Waals surface area contributed by atoms with Gasteiger partial charge in [-0.05, 0) is 31.6 Å². The zero-order chi connectivity index (χ0) is 10.2. The monoisotopic (exact) mass is 194 g/mol. The second-order valence-electron chi connectivity index (χ2n) is 4.70. The van der Waals surface area contributed by atoms with Crippen LogP contribution in [0, 0.1) is 5.92 Å². The Morgan fingerprint density at radius 2 is 2.14 bits per heavy atom. The Hall–Kier alpha value is -0.790. The van der Waals surface area contributed by atoms with Crippen LogP contribution in [-0.4, -0.2) is 11.6 Å². The standard InChI is InChI=1S/C12H18O2/c1-3-10-4-6-12(7-5-10)8-9(2)11(13)14-12/h10H,2-8H2,1H3. The molecule has 0 unspecified atom stereocenters. The third-order valence-electron chi connectivity index (χ3n) is 3.73. The van der Waals surface area contributed by atoms with Gasteiger partial charge in [-0.25, -0.2) is 4.79 Å². The fourth-order valence-corrected chi connectivity index (χ4v) is 2.66. The Labute approximate surface area is 85.3 Å². The van der Waals surface area contributed by atoms with Crippen molar-refractivity contribution in [2.75, 3.05) is 0 Å². The molecule has 2 nitrogen and oxygen atoms in total. The molecule has 2 fully saturated rings. The normalized spacial score (nSPS) is 37.6. The molecule has 1 aliphatic heterocycles. The van der Waals surface area contributed by atoms with Crippen LogP contribution in [-0.2, 0) is 9.53 Å². The summed E-state index contributed by atoms with van der Waals surface area (Å²) in [6.45, 7) is 5.99. The maximum atomic E-state index is 11.3. The van der Waals surface area contributed by atoms with Gasteiger partial charge in [0.05, 0.1) is 0 Å². The summed E-state index contributed by atoms with van der Waals surface area (Å²) in [5.41, 5.74) is 0.514. The number of hydrogen-bond acceptors (Lipinski definition) is 2. The van der Waals surface area contributed by atoms with Gasteiger partial charge in [0.1, 0.15) is 5.60 Å². The number of carbonyl (C=O) groups excluding carboxylic acids is 1. The van der Waals surface area contributed by atoms with E-state index in [4.69, 9.17) is 4.74 Å². The first-order valence-corrected chi connectivity index (χ1v) is 5.56. The fourth-order valence-electron chi connectivity index (χ4n) is 2.66. The first-order chi connectivity index (χ1) is 6.65. The average Bonchev–Trinajstić information content (AvgIpc) is 2.44. The van der Waals surface area contributed by atoms with Gasteiger partial charge >= 0.3 is 5.97 Å². The molecule has 0 aromatic rings. The summed E-state index contributed by atoms with van der Waals surface area (Å²) in [6, 6.07) is 0. The van der Waals surface area contributed by atoms with Crippen molar-refractivity contribution >= 4 is 5.97 Å². The van der Waals surface area contributed by atoms with Crippen molar-refractivity contribution < 1.29 is 9.53 Å². The molecular weight excluding hydrogens is 176 g/mol. The molecule has 0 N–H and O–H groups in total.